The quantitative estimate of drug-likeness (QED) is 0.0345. The largest absolute Gasteiger partial charge is 0.462 e. The number of rotatable bonds is 59. The maximum Gasteiger partial charge on any atom is 0.306 e. The lowest BCUT2D eigenvalue weighted by Crippen LogP contribution is -2.30. The van der Waals surface area contributed by atoms with E-state index in [1.807, 2.05) is 0 Å². The van der Waals surface area contributed by atoms with E-state index < -0.39 is 6.10 Å². The summed E-state index contributed by atoms with van der Waals surface area (Å²) >= 11 is 0. The van der Waals surface area contributed by atoms with Crippen LogP contribution < -0.4 is 0 Å². The molecule has 0 fully saturated rings. The van der Waals surface area contributed by atoms with Crippen molar-refractivity contribution in [2.75, 3.05) is 19.8 Å². The van der Waals surface area contributed by atoms with Crippen LogP contribution in [0.2, 0.25) is 0 Å². The van der Waals surface area contributed by atoms with Crippen molar-refractivity contribution in [3.8, 4) is 0 Å². The van der Waals surface area contributed by atoms with E-state index in [-0.39, 0.29) is 25.2 Å². The van der Waals surface area contributed by atoms with Gasteiger partial charge in [0.2, 0.25) is 0 Å². The molecule has 70 heavy (non-hydrogen) atoms. The van der Waals surface area contributed by atoms with Crippen molar-refractivity contribution in [2.45, 2.75) is 348 Å². The molecule has 0 aromatic rings. The smallest absolute Gasteiger partial charge is 0.306 e. The first-order chi connectivity index (χ1) is 34.6. The zero-order valence-electron chi connectivity index (χ0n) is 47.6. The Bertz CT molecular complexity index is 1110. The first kappa shape index (κ1) is 68.1. The monoisotopic (exact) mass is 983 g/mol. The van der Waals surface area contributed by atoms with Crippen molar-refractivity contribution in [1.29, 1.82) is 0 Å². The standard InChI is InChI=1S/C65H122O5/c1-4-7-10-13-16-19-22-25-28-31-32-33-36-39-42-45-48-51-54-57-60-68-61-63(70-65(67)59-56-53-50-47-44-41-38-35-30-27-24-21-18-15-12-9-6-3)62-69-64(66)58-55-52-49-46-43-40-37-34-29-26-23-20-17-14-11-8-5-2/h16,19,25,28,32-33,63H,4-15,17-18,20-24,26-27,29-31,34-62H2,1-3H3/b19-16-,28-25-,33-32-. The third kappa shape index (κ3) is 58.7. The molecule has 5 nitrogen and oxygen atoms in total. The summed E-state index contributed by atoms with van der Waals surface area (Å²) in [5.41, 5.74) is 0. The summed E-state index contributed by atoms with van der Waals surface area (Å²) < 4.78 is 17.5. The van der Waals surface area contributed by atoms with Crippen molar-refractivity contribution in [2.24, 2.45) is 0 Å². The highest BCUT2D eigenvalue weighted by Crippen LogP contribution is 2.17. The van der Waals surface area contributed by atoms with Crippen LogP contribution in [0.4, 0.5) is 0 Å². The van der Waals surface area contributed by atoms with Gasteiger partial charge in [-0.15, -0.1) is 0 Å². The van der Waals surface area contributed by atoms with Gasteiger partial charge < -0.3 is 14.2 Å². The van der Waals surface area contributed by atoms with Gasteiger partial charge in [0.15, 0.2) is 6.10 Å². The molecule has 0 radical (unpaired) electrons. The van der Waals surface area contributed by atoms with Gasteiger partial charge in [-0.05, 0) is 57.8 Å². The van der Waals surface area contributed by atoms with Crippen LogP contribution in [0, 0.1) is 0 Å². The van der Waals surface area contributed by atoms with Gasteiger partial charge in [0.05, 0.1) is 6.61 Å². The molecule has 1 atom stereocenters. The van der Waals surface area contributed by atoms with Gasteiger partial charge in [0.1, 0.15) is 6.61 Å². The molecule has 0 aliphatic carbocycles. The summed E-state index contributed by atoms with van der Waals surface area (Å²) in [4.78, 5) is 25.6. The van der Waals surface area contributed by atoms with Gasteiger partial charge in [-0.1, -0.05) is 308 Å². The molecule has 0 aliphatic rings. The Morgan fingerprint density at radius 2 is 0.600 bits per heavy atom. The summed E-state index contributed by atoms with van der Waals surface area (Å²) in [6, 6.07) is 0. The molecule has 0 N–H and O–H groups in total. The number of hydrogen-bond donors (Lipinski definition) is 0. The molecule has 0 saturated heterocycles. The molecule has 0 amide bonds. The Morgan fingerprint density at radius 3 is 0.986 bits per heavy atom. The Labute approximate surface area is 438 Å². The summed E-state index contributed by atoms with van der Waals surface area (Å²) in [6.45, 7) is 7.86. The highest BCUT2D eigenvalue weighted by atomic mass is 16.6. The van der Waals surface area contributed by atoms with Crippen LogP contribution in [0.1, 0.15) is 342 Å². The number of ether oxygens (including phenoxy) is 3. The average Bonchev–Trinajstić information content (AvgIpc) is 3.36. The SMILES string of the molecule is CCCCC/C=C\C/C=C\C/C=C\CCCCCCCCCOCC(COC(=O)CCCCCCCCCCCCCCCCCCC)OC(=O)CCCCCCCCCCCCCCCCCCC. The van der Waals surface area contributed by atoms with Gasteiger partial charge in [-0.3, -0.25) is 9.59 Å². The van der Waals surface area contributed by atoms with Crippen LogP contribution in [0.15, 0.2) is 36.5 Å². The van der Waals surface area contributed by atoms with Crippen molar-refractivity contribution in [3.63, 3.8) is 0 Å². The third-order valence-electron chi connectivity index (χ3n) is 14.2. The number of allylic oxidation sites excluding steroid dienone is 6. The Morgan fingerprint density at radius 1 is 0.314 bits per heavy atom. The molecule has 0 heterocycles. The van der Waals surface area contributed by atoms with Gasteiger partial charge in [0.25, 0.3) is 0 Å². The van der Waals surface area contributed by atoms with Gasteiger partial charge in [-0.2, -0.15) is 0 Å². The van der Waals surface area contributed by atoms with Crippen molar-refractivity contribution in [1.82, 2.24) is 0 Å². The molecule has 0 rings (SSSR count). The fourth-order valence-corrected chi connectivity index (χ4v) is 9.46. The predicted molar refractivity (Wildman–Crippen MR) is 307 cm³/mol. The lowest BCUT2D eigenvalue weighted by Gasteiger charge is -2.18. The minimum Gasteiger partial charge on any atom is -0.462 e. The van der Waals surface area contributed by atoms with E-state index >= 15 is 0 Å². The first-order valence-corrected chi connectivity index (χ1v) is 31.5. The molecule has 1 unspecified atom stereocenters. The lowest BCUT2D eigenvalue weighted by molar-refractivity contribution is -0.163. The number of carbonyl (C=O) groups excluding carboxylic acids is 2. The number of carbonyl (C=O) groups is 2. The van der Waals surface area contributed by atoms with Crippen LogP contribution in [0.25, 0.3) is 0 Å². The maximum atomic E-state index is 12.9. The molecule has 0 aromatic heterocycles. The first-order valence-electron chi connectivity index (χ1n) is 31.5. The Kier molecular flexibility index (Phi) is 59.8. The number of hydrogen-bond acceptors (Lipinski definition) is 5. The minimum absolute atomic E-state index is 0.0886. The molecule has 0 aromatic carbocycles. The summed E-state index contributed by atoms with van der Waals surface area (Å²) in [5.74, 6) is -0.377. The van der Waals surface area contributed by atoms with E-state index in [2.05, 4.69) is 57.2 Å². The predicted octanol–water partition coefficient (Wildman–Crippen LogP) is 21.7. The van der Waals surface area contributed by atoms with E-state index in [9.17, 15) is 9.59 Å². The summed E-state index contributed by atoms with van der Waals surface area (Å²) in [5, 5.41) is 0. The Balaban J connectivity index is 4.24. The molecule has 412 valence electrons. The fraction of sp³-hybridized carbons (Fsp3) is 0.877. The van der Waals surface area contributed by atoms with Crippen LogP contribution in [0.3, 0.4) is 0 Å². The molecule has 0 bridgehead atoms. The van der Waals surface area contributed by atoms with E-state index in [0.717, 1.165) is 51.4 Å². The second-order valence-corrected chi connectivity index (χ2v) is 21.3. The average molecular weight is 984 g/mol. The fourth-order valence-electron chi connectivity index (χ4n) is 9.46. The highest BCUT2D eigenvalue weighted by molar-refractivity contribution is 5.70. The number of esters is 2. The Hall–Kier alpha value is -1.88. The second-order valence-electron chi connectivity index (χ2n) is 21.3. The minimum atomic E-state index is -0.537. The highest BCUT2D eigenvalue weighted by Gasteiger charge is 2.18. The van der Waals surface area contributed by atoms with Gasteiger partial charge in [0, 0.05) is 19.4 Å². The molecular weight excluding hydrogens is 861 g/mol. The molecule has 0 saturated carbocycles. The van der Waals surface area contributed by atoms with Crippen LogP contribution in [-0.2, 0) is 23.8 Å². The van der Waals surface area contributed by atoms with Crippen LogP contribution >= 0.6 is 0 Å². The molecule has 0 aliphatic heterocycles. The topological polar surface area (TPSA) is 61.8 Å². The zero-order valence-corrected chi connectivity index (χ0v) is 47.6. The second kappa shape index (κ2) is 61.4. The molecular formula is C65H122O5. The third-order valence-corrected chi connectivity index (χ3v) is 14.2. The van der Waals surface area contributed by atoms with E-state index in [0.29, 0.717) is 19.4 Å². The van der Waals surface area contributed by atoms with Gasteiger partial charge in [-0.25, -0.2) is 0 Å². The van der Waals surface area contributed by atoms with Crippen molar-refractivity contribution in [3.05, 3.63) is 36.5 Å². The zero-order chi connectivity index (χ0) is 50.6. The van der Waals surface area contributed by atoms with Crippen LogP contribution in [-0.4, -0.2) is 37.9 Å². The van der Waals surface area contributed by atoms with E-state index in [1.54, 1.807) is 0 Å². The van der Waals surface area contributed by atoms with E-state index in [4.69, 9.17) is 14.2 Å². The summed E-state index contributed by atoms with van der Waals surface area (Å²) in [7, 11) is 0. The van der Waals surface area contributed by atoms with Gasteiger partial charge >= 0.3 is 11.9 Å². The van der Waals surface area contributed by atoms with Crippen molar-refractivity contribution >= 4 is 11.9 Å². The number of unbranched alkanes of at least 4 members (excludes halogenated alkanes) is 42. The van der Waals surface area contributed by atoms with Crippen LogP contribution in [0.5, 0.6) is 0 Å². The molecule has 0 spiro atoms. The summed E-state index contributed by atoms with van der Waals surface area (Å²) in [6.07, 6.45) is 76.0. The maximum absolute atomic E-state index is 12.9. The normalized spacial score (nSPS) is 12.3. The van der Waals surface area contributed by atoms with E-state index in [1.165, 1.54) is 257 Å². The molecule has 5 heteroatoms. The van der Waals surface area contributed by atoms with Crippen molar-refractivity contribution < 1.29 is 23.8 Å². The lowest BCUT2D eigenvalue weighted by atomic mass is 10.0.